The molecule has 4 aromatic rings. The fraction of sp³-hybridized carbons (Fsp3) is 0.303. The van der Waals surface area contributed by atoms with Crippen LogP contribution in [0.15, 0.2) is 60.7 Å². The van der Waals surface area contributed by atoms with Gasteiger partial charge in [-0.2, -0.15) is 16.7 Å². The third-order valence-corrected chi connectivity index (χ3v) is 7.13. The van der Waals surface area contributed by atoms with Gasteiger partial charge in [-0.3, -0.25) is 0 Å². The minimum Gasteiger partial charge on any atom is -1.00 e. The second-order valence-electron chi connectivity index (χ2n) is 10.4. The van der Waals surface area contributed by atoms with Crippen molar-refractivity contribution >= 4 is 0 Å². The van der Waals surface area contributed by atoms with E-state index in [9.17, 15) is 0 Å². The Hall–Kier alpha value is -1.41. The number of hydrogen-bond donors (Lipinski definition) is 0. The second kappa shape index (κ2) is 13.6. The molecule has 0 bridgehead atoms. The molecular weight excluding hydrogens is 551 g/mol. The zero-order valence-electron chi connectivity index (χ0n) is 23.4. The first-order valence-electron chi connectivity index (χ1n) is 12.0. The van der Waals surface area contributed by atoms with Gasteiger partial charge in [0, 0.05) is 5.41 Å². The van der Waals surface area contributed by atoms with Gasteiger partial charge in [0.15, 0.2) is 0 Å². The van der Waals surface area contributed by atoms with Crippen molar-refractivity contribution in [3.05, 3.63) is 133 Å². The van der Waals surface area contributed by atoms with Crippen molar-refractivity contribution in [2.75, 3.05) is 0 Å². The maximum Gasteiger partial charge on any atom is 4.00 e. The van der Waals surface area contributed by atoms with Gasteiger partial charge >= 0.3 is 21.7 Å². The van der Waals surface area contributed by atoms with Crippen LogP contribution < -0.4 is 37.2 Å². The van der Waals surface area contributed by atoms with E-state index in [-0.39, 0.29) is 64.4 Å². The van der Waals surface area contributed by atoms with Crippen molar-refractivity contribution in [1.29, 1.82) is 0 Å². The predicted molar refractivity (Wildman–Crippen MR) is 143 cm³/mol. The molecule has 0 saturated carbocycles. The van der Waals surface area contributed by atoms with Crippen LogP contribution in [0.3, 0.4) is 0 Å². The molecule has 0 aliphatic rings. The van der Waals surface area contributed by atoms with Crippen LogP contribution in [-0.2, 0) is 27.1 Å². The number of halogens is 3. The molecule has 0 spiro atoms. The van der Waals surface area contributed by atoms with Crippen molar-refractivity contribution in [3.63, 3.8) is 0 Å². The molecule has 0 N–H and O–H groups in total. The van der Waals surface area contributed by atoms with Crippen LogP contribution in [-0.4, -0.2) is 0 Å². The van der Waals surface area contributed by atoms with Crippen molar-refractivity contribution in [1.82, 2.24) is 0 Å². The summed E-state index contributed by atoms with van der Waals surface area (Å²) >= 11 is 0. The summed E-state index contributed by atoms with van der Waals surface area (Å²) in [4.78, 5) is 0. The summed E-state index contributed by atoms with van der Waals surface area (Å²) < 4.78 is 0. The predicted octanol–water partition coefficient (Wildman–Crippen LogP) is -0.427. The molecule has 194 valence electrons. The molecule has 0 nitrogen and oxygen atoms in total. The quantitative estimate of drug-likeness (QED) is 0.173. The van der Waals surface area contributed by atoms with Crippen molar-refractivity contribution in [2.45, 2.75) is 67.7 Å². The fourth-order valence-corrected chi connectivity index (χ4v) is 6.08. The van der Waals surface area contributed by atoms with E-state index >= 15 is 0 Å². The fourth-order valence-electron chi connectivity index (χ4n) is 6.08. The Balaban J connectivity index is 0.00000324. The molecule has 0 amide bonds. The van der Waals surface area contributed by atoms with E-state index in [1.165, 1.54) is 72.3 Å². The summed E-state index contributed by atoms with van der Waals surface area (Å²) in [5.74, 6) is 0. The molecule has 0 aliphatic carbocycles. The molecule has 0 radical (unpaired) electrons. The number of rotatable bonds is 4. The third-order valence-electron chi connectivity index (χ3n) is 7.13. The third kappa shape index (κ3) is 6.61. The van der Waals surface area contributed by atoms with E-state index in [1.54, 1.807) is 0 Å². The average Bonchev–Trinajstić information content (AvgIpc) is 2.93. The van der Waals surface area contributed by atoms with E-state index in [4.69, 9.17) is 0 Å². The molecule has 0 unspecified atom stereocenters. The maximum atomic E-state index is 2.41. The smallest absolute Gasteiger partial charge is 1.00 e. The Bertz CT molecular complexity index is 1180. The zero-order chi connectivity index (χ0) is 24.1. The van der Waals surface area contributed by atoms with Gasteiger partial charge in [0.1, 0.15) is 0 Å². The molecule has 0 aliphatic heterocycles. The molecule has 0 heterocycles. The second-order valence-corrected chi connectivity index (χ2v) is 10.4. The molecule has 0 saturated heterocycles. The summed E-state index contributed by atoms with van der Waals surface area (Å²) in [6.45, 7) is 20.2. The molecule has 4 heteroatoms. The van der Waals surface area contributed by atoms with Crippen LogP contribution in [0.5, 0.6) is 0 Å². The summed E-state index contributed by atoms with van der Waals surface area (Å²) in [6, 6.07) is 23.7. The first kappa shape index (κ1) is 35.6. The Labute approximate surface area is 258 Å². The Morgan fingerprint density at radius 1 is 0.432 bits per heavy atom. The van der Waals surface area contributed by atoms with Crippen LogP contribution in [0.2, 0.25) is 0 Å². The monoisotopic (exact) mass is 586 g/mol. The standard InChI is InChI=1S/C33H37.3ClH.Ti/c1-20-10-21(2)14-29(13-20)33(30-15-22(3)11-23(4)16-30,31-17-24(5)12-25(6)18-31)32-27(8)19-26(7)28(32)9;;;;/h10-19H,1-9H3;3*1H;/q-1;;;;+4/p-3. The first-order valence-corrected chi connectivity index (χ1v) is 12.0. The van der Waals surface area contributed by atoms with Crippen molar-refractivity contribution in [2.24, 2.45) is 0 Å². The summed E-state index contributed by atoms with van der Waals surface area (Å²) in [5, 5.41) is 0. The van der Waals surface area contributed by atoms with Gasteiger partial charge in [-0.05, 0) is 58.2 Å². The number of benzene rings is 3. The minimum atomic E-state index is -0.382. The minimum absolute atomic E-state index is 0. The number of aryl methyl sites for hydroxylation is 8. The molecule has 37 heavy (non-hydrogen) atoms. The maximum absolute atomic E-state index is 2.41. The zero-order valence-corrected chi connectivity index (χ0v) is 27.2. The Kier molecular flexibility index (Phi) is 13.1. The molecular formula is C33H37Cl3Ti. The van der Waals surface area contributed by atoms with Gasteiger partial charge in [-0.15, -0.1) is 5.56 Å². The normalized spacial score (nSPS) is 10.5. The van der Waals surface area contributed by atoms with Gasteiger partial charge in [0.25, 0.3) is 0 Å². The summed E-state index contributed by atoms with van der Waals surface area (Å²) in [6.07, 6.45) is 0. The molecule has 0 aromatic heterocycles. The largest absolute Gasteiger partial charge is 4.00 e. The van der Waals surface area contributed by atoms with Gasteiger partial charge in [-0.25, -0.2) is 6.07 Å². The Morgan fingerprint density at radius 2 is 0.703 bits per heavy atom. The van der Waals surface area contributed by atoms with E-state index in [2.05, 4.69) is 123 Å². The van der Waals surface area contributed by atoms with Gasteiger partial charge in [0.05, 0.1) is 0 Å². The SMILES string of the molecule is Cc1cc(C)cc(C(c2cc(C)cc(C)c2)(c2cc(C)cc(C)c2)[c-]2c(C)cc(C)c2C)c1.[Cl-].[Cl-].[Cl-].[Ti+4]. The van der Waals surface area contributed by atoms with E-state index in [0.717, 1.165) is 0 Å². The molecule has 0 fully saturated rings. The van der Waals surface area contributed by atoms with Crippen LogP contribution in [0.25, 0.3) is 0 Å². The topological polar surface area (TPSA) is 0 Å². The summed E-state index contributed by atoms with van der Waals surface area (Å²) in [7, 11) is 0. The number of hydrogen-bond acceptors (Lipinski definition) is 0. The summed E-state index contributed by atoms with van der Waals surface area (Å²) in [5.41, 5.74) is 17.1. The van der Waals surface area contributed by atoms with Crippen LogP contribution >= 0.6 is 0 Å². The van der Waals surface area contributed by atoms with Gasteiger partial charge in [-0.1, -0.05) is 109 Å². The van der Waals surface area contributed by atoms with Crippen LogP contribution in [0.4, 0.5) is 0 Å². The molecule has 4 aromatic carbocycles. The van der Waals surface area contributed by atoms with Gasteiger partial charge < -0.3 is 37.2 Å². The molecule has 0 atom stereocenters. The average molecular weight is 588 g/mol. The Morgan fingerprint density at radius 3 is 0.919 bits per heavy atom. The van der Waals surface area contributed by atoms with Crippen molar-refractivity contribution < 1.29 is 58.9 Å². The van der Waals surface area contributed by atoms with Crippen LogP contribution in [0.1, 0.15) is 72.3 Å². The van der Waals surface area contributed by atoms with Crippen LogP contribution in [0, 0.1) is 62.3 Å². The van der Waals surface area contributed by atoms with Crippen molar-refractivity contribution in [3.8, 4) is 0 Å². The van der Waals surface area contributed by atoms with E-state index in [1.807, 2.05) is 0 Å². The molecule has 4 rings (SSSR count). The van der Waals surface area contributed by atoms with Gasteiger partial charge in [0.2, 0.25) is 0 Å². The van der Waals surface area contributed by atoms with E-state index in [0.29, 0.717) is 0 Å². The first-order chi connectivity index (χ1) is 15.5. The van der Waals surface area contributed by atoms with E-state index < -0.39 is 0 Å².